The van der Waals surface area contributed by atoms with E-state index in [4.69, 9.17) is 13.6 Å². The molecule has 0 radical (unpaired) electrons. The molecule has 1 atom stereocenters. The molecular formula is C23H16O6. The van der Waals surface area contributed by atoms with Crippen molar-refractivity contribution in [1.29, 1.82) is 0 Å². The number of benzene rings is 2. The molecule has 2 aromatic heterocycles. The van der Waals surface area contributed by atoms with Crippen molar-refractivity contribution in [2.75, 3.05) is 0 Å². The fourth-order valence-corrected chi connectivity index (χ4v) is 3.79. The van der Waals surface area contributed by atoms with Crippen LogP contribution in [0.15, 0.2) is 68.2 Å². The highest BCUT2D eigenvalue weighted by Gasteiger charge is 2.35. The number of carbonyl (C=O) groups is 1. The Bertz CT molecular complexity index is 1310. The molecule has 1 aliphatic heterocycles. The van der Waals surface area contributed by atoms with E-state index in [0.29, 0.717) is 22.8 Å². The van der Waals surface area contributed by atoms with Crippen LogP contribution in [0, 0.1) is 6.92 Å². The molecule has 1 aliphatic rings. The lowest BCUT2D eigenvalue weighted by atomic mass is 9.88. The molecule has 6 heteroatoms. The van der Waals surface area contributed by atoms with Gasteiger partial charge in [-0.2, -0.15) is 0 Å². The van der Waals surface area contributed by atoms with Gasteiger partial charge in [-0.3, -0.25) is 9.59 Å². The molecule has 3 heterocycles. The van der Waals surface area contributed by atoms with E-state index in [0.717, 1.165) is 5.56 Å². The standard InChI is InChI=1S/C23H16O6/c1-12-7-8-17(27-12)14-9-20(26)28-19-11-16(25)22-15(24)10-18(29-23(22)21(14)19)13-5-3-2-4-6-13/h2-8,10-11,14,25H,9H2,1H3/t14-/m1/s1. The molecule has 5 rings (SSSR count). The number of phenols is 1. The highest BCUT2D eigenvalue weighted by atomic mass is 16.5. The Labute approximate surface area is 165 Å². The number of fused-ring (bicyclic) bond motifs is 3. The van der Waals surface area contributed by atoms with E-state index in [9.17, 15) is 14.7 Å². The quantitative estimate of drug-likeness (QED) is 0.401. The number of furan rings is 1. The van der Waals surface area contributed by atoms with Crippen LogP contribution in [0.2, 0.25) is 0 Å². The predicted molar refractivity (Wildman–Crippen MR) is 105 cm³/mol. The predicted octanol–water partition coefficient (Wildman–Crippen LogP) is 4.51. The van der Waals surface area contributed by atoms with Gasteiger partial charge in [0.05, 0.1) is 12.3 Å². The Morgan fingerprint density at radius 1 is 1.00 bits per heavy atom. The van der Waals surface area contributed by atoms with Crippen LogP contribution in [-0.2, 0) is 4.79 Å². The maximum absolute atomic E-state index is 12.8. The third kappa shape index (κ3) is 2.81. The first-order valence-corrected chi connectivity index (χ1v) is 9.17. The molecule has 0 spiro atoms. The van der Waals surface area contributed by atoms with Gasteiger partial charge >= 0.3 is 5.97 Å². The number of ether oxygens (including phenoxy) is 1. The van der Waals surface area contributed by atoms with Crippen LogP contribution in [-0.4, -0.2) is 11.1 Å². The van der Waals surface area contributed by atoms with Gasteiger partial charge in [0.2, 0.25) is 0 Å². The molecule has 2 aromatic carbocycles. The maximum Gasteiger partial charge on any atom is 0.312 e. The summed E-state index contributed by atoms with van der Waals surface area (Å²) >= 11 is 0. The van der Waals surface area contributed by atoms with Crippen molar-refractivity contribution in [2.45, 2.75) is 19.3 Å². The zero-order valence-electron chi connectivity index (χ0n) is 15.5. The zero-order chi connectivity index (χ0) is 20.1. The largest absolute Gasteiger partial charge is 0.507 e. The van der Waals surface area contributed by atoms with E-state index >= 15 is 0 Å². The summed E-state index contributed by atoms with van der Waals surface area (Å²) in [6.07, 6.45) is 0.0408. The van der Waals surface area contributed by atoms with E-state index in [1.54, 1.807) is 6.07 Å². The van der Waals surface area contributed by atoms with E-state index in [1.165, 1.54) is 12.1 Å². The number of aromatic hydroxyl groups is 1. The van der Waals surface area contributed by atoms with E-state index < -0.39 is 11.9 Å². The Hall–Kier alpha value is -3.80. The second-order valence-corrected chi connectivity index (χ2v) is 7.03. The smallest absolute Gasteiger partial charge is 0.312 e. The Kier molecular flexibility index (Phi) is 3.81. The first kappa shape index (κ1) is 17.3. The van der Waals surface area contributed by atoms with Crippen LogP contribution < -0.4 is 10.2 Å². The number of carbonyl (C=O) groups excluding carboxylic acids is 1. The van der Waals surface area contributed by atoms with Gasteiger partial charge in [-0.1, -0.05) is 30.3 Å². The normalized spacial score (nSPS) is 15.9. The van der Waals surface area contributed by atoms with Crippen LogP contribution in [0.3, 0.4) is 0 Å². The lowest BCUT2D eigenvalue weighted by molar-refractivity contribution is -0.135. The zero-order valence-corrected chi connectivity index (χ0v) is 15.5. The van der Waals surface area contributed by atoms with E-state index in [2.05, 4.69) is 0 Å². The third-order valence-electron chi connectivity index (χ3n) is 5.09. The van der Waals surface area contributed by atoms with Gasteiger partial charge < -0.3 is 18.7 Å². The minimum Gasteiger partial charge on any atom is -0.507 e. The molecule has 0 amide bonds. The number of phenolic OH excluding ortho intramolecular Hbond substituents is 1. The third-order valence-corrected chi connectivity index (χ3v) is 5.09. The molecule has 0 bridgehead atoms. The van der Waals surface area contributed by atoms with Gasteiger partial charge in [-0.15, -0.1) is 0 Å². The lowest BCUT2D eigenvalue weighted by Crippen LogP contribution is -2.21. The number of hydrogen-bond acceptors (Lipinski definition) is 6. The highest BCUT2D eigenvalue weighted by molar-refractivity contribution is 5.93. The molecule has 4 aromatic rings. The van der Waals surface area contributed by atoms with Crippen LogP contribution in [0.5, 0.6) is 11.5 Å². The second-order valence-electron chi connectivity index (χ2n) is 7.03. The molecular weight excluding hydrogens is 372 g/mol. The molecule has 29 heavy (non-hydrogen) atoms. The summed E-state index contributed by atoms with van der Waals surface area (Å²) in [6, 6.07) is 15.4. The first-order valence-electron chi connectivity index (χ1n) is 9.17. The molecule has 0 aliphatic carbocycles. The van der Waals surface area contributed by atoms with E-state index in [1.807, 2.05) is 43.3 Å². The summed E-state index contributed by atoms with van der Waals surface area (Å²) in [5.41, 5.74) is 1.05. The van der Waals surface area contributed by atoms with Gasteiger partial charge in [0.25, 0.3) is 0 Å². The fraction of sp³-hybridized carbons (Fsp3) is 0.130. The van der Waals surface area contributed by atoms with Gasteiger partial charge in [0, 0.05) is 23.3 Å². The average Bonchev–Trinajstić information content (AvgIpc) is 3.13. The average molecular weight is 388 g/mol. The van der Waals surface area contributed by atoms with Crippen molar-refractivity contribution < 1.29 is 23.5 Å². The Morgan fingerprint density at radius 2 is 1.79 bits per heavy atom. The van der Waals surface area contributed by atoms with Crippen molar-refractivity contribution in [2.24, 2.45) is 0 Å². The van der Waals surface area contributed by atoms with Crippen LogP contribution in [0.4, 0.5) is 0 Å². The highest BCUT2D eigenvalue weighted by Crippen LogP contribution is 2.46. The van der Waals surface area contributed by atoms with Gasteiger partial charge in [0.1, 0.15) is 39.7 Å². The van der Waals surface area contributed by atoms with Crippen molar-refractivity contribution in [3.05, 3.63) is 81.9 Å². The van der Waals surface area contributed by atoms with Gasteiger partial charge in [-0.25, -0.2) is 0 Å². The summed E-state index contributed by atoms with van der Waals surface area (Å²) in [5, 5.41) is 10.5. The van der Waals surface area contributed by atoms with Gasteiger partial charge in [0.15, 0.2) is 5.43 Å². The SMILES string of the molecule is Cc1ccc([C@H]2CC(=O)Oc3cc(O)c4c(=O)cc(-c5ccccc5)oc4c32)o1. The number of aryl methyl sites for hydroxylation is 1. The van der Waals surface area contributed by atoms with E-state index in [-0.39, 0.29) is 34.3 Å². The fourth-order valence-electron chi connectivity index (χ4n) is 3.79. The van der Waals surface area contributed by atoms with Crippen molar-refractivity contribution in [1.82, 2.24) is 0 Å². The number of rotatable bonds is 2. The molecule has 6 nitrogen and oxygen atoms in total. The monoisotopic (exact) mass is 388 g/mol. The summed E-state index contributed by atoms with van der Waals surface area (Å²) in [5.74, 6) is 0.571. The minimum absolute atomic E-state index is 0.0408. The van der Waals surface area contributed by atoms with Crippen molar-refractivity contribution in [3.63, 3.8) is 0 Å². The summed E-state index contributed by atoms with van der Waals surface area (Å²) in [4.78, 5) is 25.0. The number of esters is 1. The van der Waals surface area contributed by atoms with Crippen LogP contribution in [0.25, 0.3) is 22.3 Å². The second kappa shape index (κ2) is 6.38. The van der Waals surface area contributed by atoms with Crippen molar-refractivity contribution >= 4 is 16.9 Å². The molecule has 1 N–H and O–H groups in total. The molecule has 144 valence electrons. The summed E-state index contributed by atoms with van der Waals surface area (Å²) < 4.78 is 17.2. The minimum atomic E-state index is -0.489. The molecule has 0 fully saturated rings. The number of hydrogen-bond donors (Lipinski definition) is 1. The van der Waals surface area contributed by atoms with Crippen LogP contribution in [0.1, 0.15) is 29.4 Å². The maximum atomic E-state index is 12.8. The molecule has 0 unspecified atom stereocenters. The Morgan fingerprint density at radius 3 is 2.52 bits per heavy atom. The Balaban J connectivity index is 1.84. The van der Waals surface area contributed by atoms with Crippen LogP contribution >= 0.6 is 0 Å². The van der Waals surface area contributed by atoms with Crippen molar-refractivity contribution in [3.8, 4) is 22.8 Å². The molecule has 0 saturated carbocycles. The molecule has 0 saturated heterocycles. The summed E-state index contributed by atoms with van der Waals surface area (Å²) in [6.45, 7) is 1.81. The topological polar surface area (TPSA) is 89.9 Å². The summed E-state index contributed by atoms with van der Waals surface area (Å²) in [7, 11) is 0. The first-order chi connectivity index (χ1) is 14.0. The van der Waals surface area contributed by atoms with Gasteiger partial charge in [-0.05, 0) is 19.1 Å². The lowest BCUT2D eigenvalue weighted by Gasteiger charge is -2.24.